The maximum absolute atomic E-state index is 9.35. The predicted molar refractivity (Wildman–Crippen MR) is 49.0 cm³/mol. The van der Waals surface area contributed by atoms with E-state index in [1.165, 1.54) is 12.4 Å². The first kappa shape index (κ1) is 8.47. The van der Waals surface area contributed by atoms with Gasteiger partial charge in [-0.15, -0.1) is 0 Å². The lowest BCUT2D eigenvalue weighted by Gasteiger charge is -2.00. The van der Waals surface area contributed by atoms with E-state index in [-0.39, 0.29) is 16.2 Å². The maximum atomic E-state index is 9.35. The van der Waals surface area contributed by atoms with E-state index in [2.05, 4.69) is 15.0 Å². The van der Waals surface area contributed by atoms with Crippen LogP contribution in [0.2, 0.25) is 10.4 Å². The van der Waals surface area contributed by atoms with Crippen LogP contribution in [0.25, 0.3) is 10.9 Å². The van der Waals surface area contributed by atoms with Gasteiger partial charge >= 0.3 is 0 Å². The van der Waals surface area contributed by atoms with Crippen molar-refractivity contribution < 1.29 is 5.11 Å². The number of hydrogen-bond donors (Lipinski definition) is 1. The van der Waals surface area contributed by atoms with Crippen molar-refractivity contribution in [2.24, 2.45) is 0 Å². The third kappa shape index (κ3) is 1.38. The van der Waals surface area contributed by atoms with Crippen LogP contribution in [0.15, 0.2) is 12.4 Å². The third-order valence-corrected chi connectivity index (χ3v) is 1.97. The predicted octanol–water partition coefficient (Wildman–Crippen LogP) is 2.04. The van der Waals surface area contributed by atoms with Crippen molar-refractivity contribution in [3.05, 3.63) is 22.8 Å². The van der Waals surface area contributed by atoms with E-state index in [4.69, 9.17) is 23.2 Å². The first-order valence-corrected chi connectivity index (χ1v) is 4.10. The molecule has 2 heterocycles. The highest BCUT2D eigenvalue weighted by Gasteiger charge is 2.07. The molecule has 0 unspecified atom stereocenters. The molecule has 0 saturated carbocycles. The fourth-order valence-electron chi connectivity index (χ4n) is 0.970. The Hall–Kier alpha value is -1.13. The summed E-state index contributed by atoms with van der Waals surface area (Å²) in [6.45, 7) is 0. The molecule has 0 radical (unpaired) electrons. The Bertz CT molecular complexity index is 474. The zero-order valence-corrected chi connectivity index (χ0v) is 7.71. The van der Waals surface area contributed by atoms with E-state index in [1.807, 2.05) is 0 Å². The molecule has 0 aromatic carbocycles. The topological polar surface area (TPSA) is 58.9 Å². The van der Waals surface area contributed by atoms with Crippen LogP contribution in [0.5, 0.6) is 5.75 Å². The molecule has 0 aliphatic carbocycles. The molecule has 2 aromatic heterocycles. The van der Waals surface area contributed by atoms with Crippen molar-refractivity contribution in [1.82, 2.24) is 15.0 Å². The minimum absolute atomic E-state index is 0.000926. The molecule has 4 nitrogen and oxygen atoms in total. The zero-order chi connectivity index (χ0) is 9.42. The molecular weight excluding hydrogens is 213 g/mol. The molecule has 0 spiro atoms. The van der Waals surface area contributed by atoms with Crippen LogP contribution >= 0.6 is 23.2 Å². The van der Waals surface area contributed by atoms with Gasteiger partial charge in [0, 0.05) is 6.20 Å². The Kier molecular flexibility index (Phi) is 1.94. The summed E-state index contributed by atoms with van der Waals surface area (Å²) in [5.74, 6) is -0.0660. The van der Waals surface area contributed by atoms with Crippen LogP contribution in [0.1, 0.15) is 0 Å². The Balaban J connectivity index is 2.94. The van der Waals surface area contributed by atoms with Gasteiger partial charge in [0.15, 0.2) is 5.75 Å². The number of hydrogen-bond acceptors (Lipinski definition) is 4. The van der Waals surface area contributed by atoms with Gasteiger partial charge in [-0.3, -0.25) is 4.98 Å². The van der Waals surface area contributed by atoms with Crippen molar-refractivity contribution in [2.75, 3.05) is 0 Å². The van der Waals surface area contributed by atoms with Crippen molar-refractivity contribution >= 4 is 34.1 Å². The van der Waals surface area contributed by atoms with Gasteiger partial charge in [0.1, 0.15) is 10.7 Å². The van der Waals surface area contributed by atoms with Crippen LogP contribution in [0, 0.1) is 0 Å². The Morgan fingerprint density at radius 3 is 2.69 bits per heavy atom. The summed E-state index contributed by atoms with van der Waals surface area (Å²) in [7, 11) is 0. The van der Waals surface area contributed by atoms with E-state index in [1.54, 1.807) is 0 Å². The maximum Gasteiger partial charge on any atom is 0.224 e. The van der Waals surface area contributed by atoms with Gasteiger partial charge in [-0.2, -0.15) is 0 Å². The van der Waals surface area contributed by atoms with E-state index in [0.29, 0.717) is 10.9 Å². The van der Waals surface area contributed by atoms with Crippen molar-refractivity contribution in [2.45, 2.75) is 0 Å². The number of rotatable bonds is 0. The minimum atomic E-state index is -0.0660. The summed E-state index contributed by atoms with van der Waals surface area (Å²) in [6.07, 6.45) is 2.73. The lowest BCUT2D eigenvalue weighted by molar-refractivity contribution is 0.478. The SMILES string of the molecule is Oc1cncc2c(Cl)nc(Cl)nc12. The fourth-order valence-corrected chi connectivity index (χ4v) is 1.40. The van der Waals surface area contributed by atoms with Crippen LogP contribution < -0.4 is 0 Å². The van der Waals surface area contributed by atoms with Gasteiger partial charge in [0.05, 0.1) is 11.6 Å². The summed E-state index contributed by atoms with van der Waals surface area (Å²) in [4.78, 5) is 11.3. The number of halogens is 2. The van der Waals surface area contributed by atoms with Crippen LogP contribution in [-0.2, 0) is 0 Å². The molecule has 66 valence electrons. The molecule has 0 aliphatic heterocycles. The second kappa shape index (κ2) is 2.97. The highest BCUT2D eigenvalue weighted by molar-refractivity contribution is 6.35. The molecule has 0 amide bonds. The van der Waals surface area contributed by atoms with Gasteiger partial charge in [0.2, 0.25) is 5.28 Å². The second-order valence-corrected chi connectivity index (χ2v) is 3.03. The Morgan fingerprint density at radius 1 is 1.15 bits per heavy atom. The molecule has 2 aromatic rings. The van der Waals surface area contributed by atoms with E-state index < -0.39 is 0 Å². The van der Waals surface area contributed by atoms with Crippen molar-refractivity contribution in [1.29, 1.82) is 0 Å². The smallest absolute Gasteiger partial charge is 0.224 e. The Labute approximate surface area is 83.2 Å². The van der Waals surface area contributed by atoms with Crippen molar-refractivity contribution in [3.63, 3.8) is 0 Å². The molecule has 6 heteroatoms. The minimum Gasteiger partial charge on any atom is -0.504 e. The van der Waals surface area contributed by atoms with Crippen LogP contribution in [0.3, 0.4) is 0 Å². The highest BCUT2D eigenvalue weighted by atomic mass is 35.5. The number of fused-ring (bicyclic) bond motifs is 1. The molecule has 0 bridgehead atoms. The summed E-state index contributed by atoms with van der Waals surface area (Å²) in [5.41, 5.74) is 0.306. The molecule has 13 heavy (non-hydrogen) atoms. The number of aromatic nitrogens is 3. The summed E-state index contributed by atoms with van der Waals surface area (Å²) < 4.78 is 0. The molecule has 0 atom stereocenters. The molecule has 0 fully saturated rings. The van der Waals surface area contributed by atoms with Gasteiger partial charge in [-0.1, -0.05) is 11.6 Å². The summed E-state index contributed by atoms with van der Waals surface area (Å²) >= 11 is 11.3. The molecular formula is C7H3Cl2N3O. The van der Waals surface area contributed by atoms with Gasteiger partial charge < -0.3 is 5.11 Å². The Morgan fingerprint density at radius 2 is 1.92 bits per heavy atom. The average molecular weight is 216 g/mol. The van der Waals surface area contributed by atoms with Gasteiger partial charge in [-0.25, -0.2) is 9.97 Å². The first-order chi connectivity index (χ1) is 6.18. The van der Waals surface area contributed by atoms with E-state index in [9.17, 15) is 5.11 Å². The second-order valence-electron chi connectivity index (χ2n) is 2.34. The lowest BCUT2D eigenvalue weighted by atomic mass is 10.3. The summed E-state index contributed by atoms with van der Waals surface area (Å²) in [6, 6.07) is 0. The lowest BCUT2D eigenvalue weighted by Crippen LogP contribution is -1.88. The van der Waals surface area contributed by atoms with Gasteiger partial charge in [0.25, 0.3) is 0 Å². The van der Waals surface area contributed by atoms with Crippen LogP contribution in [0.4, 0.5) is 0 Å². The average Bonchev–Trinajstić information content (AvgIpc) is 2.07. The zero-order valence-electron chi connectivity index (χ0n) is 6.20. The van der Waals surface area contributed by atoms with E-state index >= 15 is 0 Å². The quantitative estimate of drug-likeness (QED) is 0.540. The first-order valence-electron chi connectivity index (χ1n) is 3.34. The monoisotopic (exact) mass is 215 g/mol. The van der Waals surface area contributed by atoms with E-state index in [0.717, 1.165) is 0 Å². The number of pyridine rings is 1. The standard InChI is InChI=1S/C7H3Cl2N3O/c8-6-3-1-10-2-4(13)5(3)11-7(9)12-6/h1-2,13H. The van der Waals surface area contributed by atoms with Crippen molar-refractivity contribution in [3.8, 4) is 5.75 Å². The number of aromatic hydroxyl groups is 1. The molecule has 0 saturated heterocycles. The van der Waals surface area contributed by atoms with Crippen LogP contribution in [-0.4, -0.2) is 20.1 Å². The molecule has 0 aliphatic rings. The number of nitrogens with zero attached hydrogens (tertiary/aromatic N) is 3. The molecule has 2 rings (SSSR count). The highest BCUT2D eigenvalue weighted by Crippen LogP contribution is 2.26. The molecule has 1 N–H and O–H groups in total. The fraction of sp³-hybridized carbons (Fsp3) is 0. The summed E-state index contributed by atoms with van der Waals surface area (Å²) in [5, 5.41) is 10.0. The third-order valence-electron chi connectivity index (χ3n) is 1.51. The van der Waals surface area contributed by atoms with Gasteiger partial charge in [-0.05, 0) is 11.6 Å². The normalized spacial score (nSPS) is 10.6. The largest absolute Gasteiger partial charge is 0.504 e.